The van der Waals surface area contributed by atoms with E-state index in [-0.39, 0.29) is 5.97 Å². The summed E-state index contributed by atoms with van der Waals surface area (Å²) in [6, 6.07) is 0.470. The summed E-state index contributed by atoms with van der Waals surface area (Å²) in [7, 11) is 1.39. The Kier molecular flexibility index (Phi) is 4.22. The van der Waals surface area contributed by atoms with E-state index in [2.05, 4.69) is 28.9 Å². The smallest absolute Gasteiger partial charge is 0.349 e. The van der Waals surface area contributed by atoms with Gasteiger partial charge < -0.3 is 10.1 Å². The first kappa shape index (κ1) is 13.3. The van der Waals surface area contributed by atoms with Gasteiger partial charge in [0, 0.05) is 6.04 Å². The van der Waals surface area contributed by atoms with Crippen LogP contribution in [0.3, 0.4) is 0 Å². The molecule has 0 spiro atoms. The number of nitrogens with one attached hydrogen (secondary N) is 1. The van der Waals surface area contributed by atoms with Crippen molar-refractivity contribution in [2.75, 3.05) is 12.4 Å². The maximum absolute atomic E-state index is 11.3. The Labute approximate surface area is 112 Å². The van der Waals surface area contributed by atoms with Gasteiger partial charge in [0.2, 0.25) is 0 Å². The first-order valence-electron chi connectivity index (χ1n) is 6.40. The lowest BCUT2D eigenvalue weighted by Gasteiger charge is -2.32. The molecule has 100 valence electrons. The summed E-state index contributed by atoms with van der Waals surface area (Å²) in [6.45, 7) is 4.59. The van der Waals surface area contributed by atoms with E-state index in [4.69, 9.17) is 0 Å². The molecule has 1 aliphatic rings. The van der Waals surface area contributed by atoms with Gasteiger partial charge in [0.1, 0.15) is 4.88 Å². The minimum absolute atomic E-state index is 0.314. The minimum Gasteiger partial charge on any atom is -0.465 e. The van der Waals surface area contributed by atoms with Gasteiger partial charge in [-0.15, -0.1) is 0 Å². The predicted molar refractivity (Wildman–Crippen MR) is 73.0 cm³/mol. The van der Waals surface area contributed by atoms with E-state index >= 15 is 0 Å². The number of rotatable bonds is 3. The number of thiazole rings is 1. The highest BCUT2D eigenvalue weighted by molar-refractivity contribution is 7.17. The summed E-state index contributed by atoms with van der Waals surface area (Å²) >= 11 is 1.37. The average Bonchev–Trinajstić information content (AvgIpc) is 2.80. The van der Waals surface area contributed by atoms with Crippen LogP contribution in [0.25, 0.3) is 0 Å². The van der Waals surface area contributed by atoms with Crippen LogP contribution in [0.15, 0.2) is 6.20 Å². The zero-order chi connectivity index (χ0) is 13.1. The number of carbonyl (C=O) groups excluding carboxylic acids is 1. The normalized spacial score (nSPS) is 27.8. The second-order valence-electron chi connectivity index (χ2n) is 5.17. The first-order chi connectivity index (χ1) is 8.60. The van der Waals surface area contributed by atoms with Crippen molar-refractivity contribution in [1.82, 2.24) is 4.98 Å². The molecule has 1 aromatic heterocycles. The number of hydrogen-bond acceptors (Lipinski definition) is 5. The Morgan fingerprint density at radius 1 is 1.50 bits per heavy atom. The quantitative estimate of drug-likeness (QED) is 0.855. The Hall–Kier alpha value is -1.10. The number of ether oxygens (including phenoxy) is 1. The van der Waals surface area contributed by atoms with Gasteiger partial charge in [-0.2, -0.15) is 0 Å². The largest absolute Gasteiger partial charge is 0.465 e. The van der Waals surface area contributed by atoms with Crippen LogP contribution in [0, 0.1) is 11.8 Å². The van der Waals surface area contributed by atoms with Crippen LogP contribution in [0.4, 0.5) is 5.13 Å². The highest BCUT2D eigenvalue weighted by Gasteiger charge is 2.26. The lowest BCUT2D eigenvalue weighted by molar-refractivity contribution is 0.0606. The molecule has 0 amide bonds. The molecule has 4 nitrogen and oxygen atoms in total. The van der Waals surface area contributed by atoms with Gasteiger partial charge >= 0.3 is 5.97 Å². The molecular formula is C13H20N2O2S. The molecule has 5 heteroatoms. The molecule has 1 heterocycles. The van der Waals surface area contributed by atoms with Gasteiger partial charge in [-0.1, -0.05) is 25.2 Å². The third-order valence-electron chi connectivity index (χ3n) is 3.63. The lowest BCUT2D eigenvalue weighted by Crippen LogP contribution is -2.32. The number of aromatic nitrogens is 1. The van der Waals surface area contributed by atoms with E-state index in [0.29, 0.717) is 16.8 Å². The van der Waals surface area contributed by atoms with Gasteiger partial charge in [-0.25, -0.2) is 9.78 Å². The lowest BCUT2D eigenvalue weighted by atomic mass is 9.80. The number of methoxy groups -OCH3 is 1. The van der Waals surface area contributed by atoms with Crippen LogP contribution in [-0.4, -0.2) is 24.1 Å². The summed E-state index contributed by atoms with van der Waals surface area (Å²) in [4.78, 5) is 16.1. The van der Waals surface area contributed by atoms with Crippen molar-refractivity contribution in [3.8, 4) is 0 Å². The molecule has 2 rings (SSSR count). The van der Waals surface area contributed by atoms with E-state index in [0.717, 1.165) is 11.0 Å². The van der Waals surface area contributed by atoms with Crippen molar-refractivity contribution in [3.63, 3.8) is 0 Å². The Balaban J connectivity index is 1.97. The minimum atomic E-state index is -0.314. The summed E-state index contributed by atoms with van der Waals surface area (Å²) in [5, 5.41) is 4.27. The first-order valence-corrected chi connectivity index (χ1v) is 7.22. The Morgan fingerprint density at radius 2 is 2.28 bits per heavy atom. The molecule has 1 fully saturated rings. The fraction of sp³-hybridized carbons (Fsp3) is 0.692. The Bertz CT molecular complexity index is 419. The van der Waals surface area contributed by atoms with Crippen molar-refractivity contribution >= 4 is 22.4 Å². The second-order valence-corrected chi connectivity index (χ2v) is 6.20. The number of hydrogen-bond donors (Lipinski definition) is 1. The molecule has 0 bridgehead atoms. The third-order valence-corrected chi connectivity index (χ3v) is 4.54. The van der Waals surface area contributed by atoms with E-state index < -0.39 is 0 Å². The maximum atomic E-state index is 11.3. The van der Waals surface area contributed by atoms with E-state index in [9.17, 15) is 4.79 Å². The van der Waals surface area contributed by atoms with Crippen molar-refractivity contribution in [1.29, 1.82) is 0 Å². The zero-order valence-electron chi connectivity index (χ0n) is 11.1. The van der Waals surface area contributed by atoms with Crippen LogP contribution in [0.1, 0.15) is 42.8 Å². The standard InChI is InChI=1S/C13H20N2O2S/c1-8-4-5-10(9(2)6-8)15-13-14-7-11(18-13)12(16)17-3/h7-10H,4-6H2,1-3H3,(H,14,15). The van der Waals surface area contributed by atoms with Gasteiger partial charge in [0.15, 0.2) is 5.13 Å². The van der Waals surface area contributed by atoms with Gasteiger partial charge in [-0.3, -0.25) is 0 Å². The molecule has 0 aromatic carbocycles. The Morgan fingerprint density at radius 3 is 2.94 bits per heavy atom. The summed E-state index contributed by atoms with van der Waals surface area (Å²) in [5.74, 6) is 1.16. The van der Waals surface area contributed by atoms with Crippen molar-refractivity contribution in [3.05, 3.63) is 11.1 Å². The van der Waals surface area contributed by atoms with E-state index in [1.54, 1.807) is 6.20 Å². The van der Waals surface area contributed by atoms with Gasteiger partial charge in [0.05, 0.1) is 13.3 Å². The molecule has 1 saturated carbocycles. The zero-order valence-corrected chi connectivity index (χ0v) is 11.9. The van der Waals surface area contributed by atoms with Crippen LogP contribution >= 0.6 is 11.3 Å². The SMILES string of the molecule is COC(=O)c1cnc(NC2CCC(C)CC2C)s1. The molecule has 3 unspecified atom stereocenters. The molecule has 3 atom stereocenters. The fourth-order valence-corrected chi connectivity index (χ4v) is 3.37. The number of anilines is 1. The van der Waals surface area contributed by atoms with Crippen molar-refractivity contribution in [2.24, 2.45) is 11.8 Å². The second kappa shape index (κ2) is 5.69. The van der Waals surface area contributed by atoms with Crippen molar-refractivity contribution < 1.29 is 9.53 Å². The maximum Gasteiger partial charge on any atom is 0.349 e. The van der Waals surface area contributed by atoms with E-state index in [1.807, 2.05) is 0 Å². The molecule has 1 aromatic rings. The van der Waals surface area contributed by atoms with Crippen molar-refractivity contribution in [2.45, 2.75) is 39.2 Å². The van der Waals surface area contributed by atoms with Gasteiger partial charge in [-0.05, 0) is 31.1 Å². The summed E-state index contributed by atoms with van der Waals surface area (Å²) in [5.41, 5.74) is 0. The van der Waals surface area contributed by atoms with Crippen LogP contribution in [0.5, 0.6) is 0 Å². The number of esters is 1. The molecule has 0 saturated heterocycles. The predicted octanol–water partition coefficient (Wildman–Crippen LogP) is 3.17. The summed E-state index contributed by atoms with van der Waals surface area (Å²) < 4.78 is 4.68. The third kappa shape index (κ3) is 3.02. The molecule has 1 N–H and O–H groups in total. The van der Waals surface area contributed by atoms with Crippen LogP contribution in [-0.2, 0) is 4.74 Å². The number of nitrogens with zero attached hydrogens (tertiary/aromatic N) is 1. The molecule has 0 aliphatic heterocycles. The molecule has 1 aliphatic carbocycles. The van der Waals surface area contributed by atoms with Crippen LogP contribution in [0.2, 0.25) is 0 Å². The van der Waals surface area contributed by atoms with E-state index in [1.165, 1.54) is 37.7 Å². The van der Waals surface area contributed by atoms with Gasteiger partial charge in [0.25, 0.3) is 0 Å². The van der Waals surface area contributed by atoms with Crippen LogP contribution < -0.4 is 5.32 Å². The fourth-order valence-electron chi connectivity index (χ4n) is 2.57. The summed E-state index contributed by atoms with van der Waals surface area (Å²) in [6.07, 6.45) is 5.27. The number of carbonyl (C=O) groups is 1. The average molecular weight is 268 g/mol. The highest BCUT2D eigenvalue weighted by Crippen LogP contribution is 2.31. The highest BCUT2D eigenvalue weighted by atomic mass is 32.1. The molecule has 18 heavy (non-hydrogen) atoms. The monoisotopic (exact) mass is 268 g/mol. The molecule has 0 radical (unpaired) electrons. The molecular weight excluding hydrogens is 248 g/mol. The topological polar surface area (TPSA) is 51.2 Å².